The number of H-pyrrole nitrogens is 1. The minimum Gasteiger partial charge on any atom is -0.347 e. The topological polar surface area (TPSA) is 115 Å². The van der Waals surface area contributed by atoms with Crippen molar-refractivity contribution in [3.63, 3.8) is 0 Å². The highest BCUT2D eigenvalue weighted by atomic mass is 16.2. The summed E-state index contributed by atoms with van der Waals surface area (Å²) in [5, 5.41) is 10.3. The van der Waals surface area contributed by atoms with Crippen LogP contribution in [0.4, 0.5) is 0 Å². The molecule has 2 rings (SSSR count). The van der Waals surface area contributed by atoms with Gasteiger partial charge in [0.05, 0.1) is 18.4 Å². The molecule has 17 heavy (non-hydrogen) atoms. The summed E-state index contributed by atoms with van der Waals surface area (Å²) in [4.78, 5) is 18.4. The van der Waals surface area contributed by atoms with Gasteiger partial charge in [-0.05, 0) is 0 Å². The van der Waals surface area contributed by atoms with E-state index in [2.05, 4.69) is 25.6 Å². The van der Waals surface area contributed by atoms with Crippen LogP contribution >= 0.6 is 0 Å². The van der Waals surface area contributed by atoms with Crippen LogP contribution in [0.15, 0.2) is 18.6 Å². The number of carbonyl (C=O) groups excluding carboxylic acids is 1. The molecule has 0 aromatic carbocycles. The van der Waals surface area contributed by atoms with Gasteiger partial charge in [0.25, 0.3) is 0 Å². The molecule has 8 heteroatoms. The van der Waals surface area contributed by atoms with Gasteiger partial charge in [-0.2, -0.15) is 0 Å². The fourth-order valence-corrected chi connectivity index (χ4v) is 1.29. The van der Waals surface area contributed by atoms with E-state index >= 15 is 0 Å². The molecule has 0 radical (unpaired) electrons. The molecule has 0 unspecified atom stereocenters. The van der Waals surface area contributed by atoms with E-state index in [0.717, 1.165) is 0 Å². The number of hydrogen-bond donors (Lipinski definition) is 3. The third kappa shape index (κ3) is 3.11. The Hall–Kier alpha value is -2.22. The molecule has 2 heterocycles. The van der Waals surface area contributed by atoms with Gasteiger partial charge in [0.15, 0.2) is 0 Å². The zero-order valence-corrected chi connectivity index (χ0v) is 9.13. The molecule has 8 nitrogen and oxygen atoms in total. The number of aromatic amines is 1. The van der Waals surface area contributed by atoms with Gasteiger partial charge in [-0.3, -0.25) is 4.79 Å². The molecule has 0 bridgehead atoms. The highest BCUT2D eigenvalue weighted by Crippen LogP contribution is 1.91. The number of hydrogen-bond acceptors (Lipinski definition) is 5. The number of rotatable bonds is 5. The Bertz CT molecular complexity index is 475. The standard InChI is InChI=1S/C9H13N7O/c10-3-7-5-16(15-14-7)6-9(17)13-4-8-11-1-2-12-8/h1-2,5H,3-4,6,10H2,(H,11,12)(H,13,17). The average Bonchev–Trinajstić information content (AvgIpc) is 2.97. The molecular formula is C9H13N7O. The number of amides is 1. The van der Waals surface area contributed by atoms with Crippen molar-refractivity contribution in [3.05, 3.63) is 30.1 Å². The Morgan fingerprint density at radius 1 is 1.59 bits per heavy atom. The Balaban J connectivity index is 1.81. The van der Waals surface area contributed by atoms with Crippen molar-refractivity contribution in [1.29, 1.82) is 0 Å². The third-order valence-electron chi connectivity index (χ3n) is 2.11. The quantitative estimate of drug-likeness (QED) is 0.600. The molecule has 0 aliphatic carbocycles. The number of carbonyl (C=O) groups is 1. The smallest absolute Gasteiger partial charge is 0.242 e. The van der Waals surface area contributed by atoms with Crippen LogP contribution < -0.4 is 11.1 Å². The van der Waals surface area contributed by atoms with Crippen LogP contribution in [0, 0.1) is 0 Å². The Labute approximate surface area is 97.2 Å². The Morgan fingerprint density at radius 2 is 2.47 bits per heavy atom. The number of nitrogens with one attached hydrogen (secondary N) is 2. The lowest BCUT2D eigenvalue weighted by Crippen LogP contribution is -2.27. The minimum absolute atomic E-state index is 0.119. The number of imidazole rings is 1. The molecule has 0 spiro atoms. The van der Waals surface area contributed by atoms with Crippen LogP contribution in [-0.2, 0) is 24.4 Å². The number of nitrogens with two attached hydrogens (primary N) is 1. The maximum atomic E-state index is 11.5. The van der Waals surface area contributed by atoms with Crippen LogP contribution in [0.5, 0.6) is 0 Å². The van der Waals surface area contributed by atoms with Crippen molar-refractivity contribution in [1.82, 2.24) is 30.3 Å². The van der Waals surface area contributed by atoms with Crippen LogP contribution in [-0.4, -0.2) is 30.9 Å². The molecule has 0 saturated carbocycles. The fourth-order valence-electron chi connectivity index (χ4n) is 1.29. The first kappa shape index (κ1) is 11.3. The van der Waals surface area contributed by atoms with Crippen molar-refractivity contribution in [2.45, 2.75) is 19.6 Å². The van der Waals surface area contributed by atoms with E-state index in [4.69, 9.17) is 5.73 Å². The molecule has 0 saturated heterocycles. The van der Waals surface area contributed by atoms with Crippen molar-refractivity contribution >= 4 is 5.91 Å². The highest BCUT2D eigenvalue weighted by molar-refractivity contribution is 5.75. The Kier molecular flexibility index (Phi) is 3.46. The zero-order valence-electron chi connectivity index (χ0n) is 9.13. The Morgan fingerprint density at radius 3 is 3.12 bits per heavy atom. The predicted octanol–water partition coefficient (Wildman–Crippen LogP) is -1.22. The summed E-state index contributed by atoms with van der Waals surface area (Å²) in [6.07, 6.45) is 4.98. The highest BCUT2D eigenvalue weighted by Gasteiger charge is 2.05. The van der Waals surface area contributed by atoms with Crippen molar-refractivity contribution in [2.75, 3.05) is 0 Å². The maximum Gasteiger partial charge on any atom is 0.242 e. The fraction of sp³-hybridized carbons (Fsp3) is 0.333. The van der Waals surface area contributed by atoms with Gasteiger partial charge in [0.1, 0.15) is 12.4 Å². The first-order chi connectivity index (χ1) is 8.28. The van der Waals surface area contributed by atoms with Gasteiger partial charge >= 0.3 is 0 Å². The summed E-state index contributed by atoms with van der Waals surface area (Å²) in [6, 6.07) is 0. The van der Waals surface area contributed by atoms with Crippen LogP contribution in [0.3, 0.4) is 0 Å². The second-order valence-corrected chi connectivity index (χ2v) is 3.42. The summed E-state index contributed by atoms with van der Waals surface area (Å²) in [5.41, 5.74) is 6.04. The molecule has 4 N–H and O–H groups in total. The maximum absolute atomic E-state index is 11.5. The van der Waals surface area contributed by atoms with E-state index in [1.807, 2.05) is 0 Å². The molecule has 2 aromatic rings. The van der Waals surface area contributed by atoms with E-state index in [1.165, 1.54) is 4.68 Å². The van der Waals surface area contributed by atoms with Crippen LogP contribution in [0.1, 0.15) is 11.5 Å². The lowest BCUT2D eigenvalue weighted by atomic mass is 10.5. The number of aromatic nitrogens is 5. The predicted molar refractivity (Wildman–Crippen MR) is 58.3 cm³/mol. The third-order valence-corrected chi connectivity index (χ3v) is 2.11. The lowest BCUT2D eigenvalue weighted by Gasteiger charge is -2.02. The SMILES string of the molecule is NCc1cn(CC(=O)NCc2ncc[nH]2)nn1. The van der Waals surface area contributed by atoms with Crippen LogP contribution in [0.25, 0.3) is 0 Å². The van der Waals surface area contributed by atoms with E-state index < -0.39 is 0 Å². The summed E-state index contributed by atoms with van der Waals surface area (Å²) >= 11 is 0. The lowest BCUT2D eigenvalue weighted by molar-refractivity contribution is -0.122. The summed E-state index contributed by atoms with van der Waals surface area (Å²) in [7, 11) is 0. The molecule has 1 amide bonds. The van der Waals surface area contributed by atoms with Crippen molar-refractivity contribution in [2.24, 2.45) is 5.73 Å². The summed E-state index contributed by atoms with van der Waals surface area (Å²) in [6.45, 7) is 0.798. The normalized spacial score (nSPS) is 10.4. The molecule has 0 aliphatic heterocycles. The van der Waals surface area contributed by atoms with Gasteiger partial charge in [0.2, 0.25) is 5.91 Å². The van der Waals surface area contributed by atoms with Gasteiger partial charge in [0, 0.05) is 18.9 Å². The molecule has 0 aliphatic rings. The molecule has 90 valence electrons. The van der Waals surface area contributed by atoms with Gasteiger partial charge in [-0.15, -0.1) is 5.10 Å². The largest absolute Gasteiger partial charge is 0.347 e. The van der Waals surface area contributed by atoms with Gasteiger partial charge in [-0.1, -0.05) is 5.21 Å². The second kappa shape index (κ2) is 5.21. The van der Waals surface area contributed by atoms with E-state index in [9.17, 15) is 4.79 Å². The molecular weight excluding hydrogens is 222 g/mol. The monoisotopic (exact) mass is 235 g/mol. The van der Waals surface area contributed by atoms with Gasteiger partial charge < -0.3 is 16.0 Å². The summed E-state index contributed by atoms with van der Waals surface area (Å²) < 4.78 is 1.44. The van der Waals surface area contributed by atoms with Gasteiger partial charge in [-0.25, -0.2) is 9.67 Å². The van der Waals surface area contributed by atoms with Crippen molar-refractivity contribution < 1.29 is 4.79 Å². The number of nitrogens with zero attached hydrogens (tertiary/aromatic N) is 4. The van der Waals surface area contributed by atoms with E-state index in [-0.39, 0.29) is 12.5 Å². The zero-order chi connectivity index (χ0) is 12.1. The van der Waals surface area contributed by atoms with E-state index in [1.54, 1.807) is 18.6 Å². The first-order valence-electron chi connectivity index (χ1n) is 5.12. The first-order valence-corrected chi connectivity index (χ1v) is 5.12. The molecule has 0 fully saturated rings. The minimum atomic E-state index is -0.158. The van der Waals surface area contributed by atoms with Crippen molar-refractivity contribution in [3.8, 4) is 0 Å². The van der Waals surface area contributed by atoms with E-state index in [0.29, 0.717) is 24.6 Å². The van der Waals surface area contributed by atoms with Crippen LogP contribution in [0.2, 0.25) is 0 Å². The molecule has 0 atom stereocenters. The summed E-state index contributed by atoms with van der Waals surface area (Å²) in [5.74, 6) is 0.550. The average molecular weight is 235 g/mol. The second-order valence-electron chi connectivity index (χ2n) is 3.42. The molecule has 2 aromatic heterocycles.